The first-order chi connectivity index (χ1) is 16.3. The van der Waals surface area contributed by atoms with Gasteiger partial charge in [0.1, 0.15) is 11.6 Å². The molecule has 1 aliphatic heterocycles. The van der Waals surface area contributed by atoms with Gasteiger partial charge in [0, 0.05) is 42.6 Å². The number of aromatic nitrogens is 1. The van der Waals surface area contributed by atoms with Gasteiger partial charge in [0.15, 0.2) is 0 Å². The minimum Gasteiger partial charge on any atom is -0.381 e. The SMILES string of the molecule is O=C(NCc1ccccn1)c1cc(NCc2c(F)cccc2F)cc(S(=O)(=O)N2CCCC2)c1. The Kier molecular flexibility index (Phi) is 7.18. The third-order valence-electron chi connectivity index (χ3n) is 5.56. The van der Waals surface area contributed by atoms with Crippen LogP contribution in [0.5, 0.6) is 0 Å². The van der Waals surface area contributed by atoms with Crippen molar-refractivity contribution in [2.45, 2.75) is 30.8 Å². The van der Waals surface area contributed by atoms with Crippen LogP contribution < -0.4 is 10.6 Å². The number of sulfonamides is 1. The van der Waals surface area contributed by atoms with Crippen molar-refractivity contribution in [2.24, 2.45) is 0 Å². The zero-order valence-electron chi connectivity index (χ0n) is 18.3. The Morgan fingerprint density at radius 3 is 2.38 bits per heavy atom. The fourth-order valence-electron chi connectivity index (χ4n) is 3.73. The molecule has 10 heteroatoms. The van der Waals surface area contributed by atoms with Gasteiger partial charge in [0.2, 0.25) is 10.0 Å². The van der Waals surface area contributed by atoms with Gasteiger partial charge in [-0.3, -0.25) is 9.78 Å². The number of anilines is 1. The van der Waals surface area contributed by atoms with Crippen molar-refractivity contribution < 1.29 is 22.0 Å². The summed E-state index contributed by atoms with van der Waals surface area (Å²) >= 11 is 0. The molecule has 1 fully saturated rings. The Morgan fingerprint density at radius 2 is 1.71 bits per heavy atom. The van der Waals surface area contributed by atoms with Gasteiger partial charge < -0.3 is 10.6 Å². The molecule has 1 aromatic heterocycles. The predicted molar refractivity (Wildman–Crippen MR) is 124 cm³/mol. The van der Waals surface area contributed by atoms with Gasteiger partial charge in [0.25, 0.3) is 5.91 Å². The minimum atomic E-state index is -3.83. The van der Waals surface area contributed by atoms with Gasteiger partial charge in [-0.1, -0.05) is 12.1 Å². The van der Waals surface area contributed by atoms with E-state index >= 15 is 0 Å². The van der Waals surface area contributed by atoms with Crippen LogP contribution in [0.25, 0.3) is 0 Å². The normalized spacial score (nSPS) is 14.2. The van der Waals surface area contributed by atoms with E-state index in [1.54, 1.807) is 24.4 Å². The van der Waals surface area contributed by atoms with Crippen molar-refractivity contribution in [2.75, 3.05) is 18.4 Å². The second kappa shape index (κ2) is 10.3. The van der Waals surface area contributed by atoms with E-state index < -0.39 is 27.6 Å². The van der Waals surface area contributed by atoms with E-state index in [1.165, 1.54) is 28.6 Å². The molecule has 4 rings (SSSR count). The molecule has 1 aliphatic rings. The van der Waals surface area contributed by atoms with Crippen LogP contribution in [-0.2, 0) is 23.1 Å². The Hall–Kier alpha value is -3.37. The summed E-state index contributed by atoms with van der Waals surface area (Å²) in [4.78, 5) is 16.9. The second-order valence-corrected chi connectivity index (χ2v) is 9.85. The topological polar surface area (TPSA) is 91.4 Å². The summed E-state index contributed by atoms with van der Waals surface area (Å²) in [7, 11) is -3.83. The predicted octanol–water partition coefficient (Wildman–Crippen LogP) is 3.69. The molecule has 7 nitrogen and oxygen atoms in total. The average molecular weight is 487 g/mol. The standard InChI is InChI=1S/C24H24F2N4O3S/c25-22-7-5-8-23(26)21(22)16-28-19-12-17(24(31)29-15-18-6-1-2-9-27-18)13-20(14-19)34(32,33)30-10-3-4-11-30/h1-2,5-9,12-14,28H,3-4,10-11,15-16H2,(H,29,31). The maximum Gasteiger partial charge on any atom is 0.251 e. The van der Waals surface area contributed by atoms with E-state index in [2.05, 4.69) is 15.6 Å². The van der Waals surface area contributed by atoms with Gasteiger partial charge in [-0.05, 0) is 55.3 Å². The first kappa shape index (κ1) is 23.8. The van der Waals surface area contributed by atoms with E-state index in [9.17, 15) is 22.0 Å². The number of benzene rings is 2. The molecule has 2 aromatic carbocycles. The molecular formula is C24H24F2N4O3S. The number of nitrogens with one attached hydrogen (secondary N) is 2. The summed E-state index contributed by atoms with van der Waals surface area (Å²) in [5.74, 6) is -1.94. The van der Waals surface area contributed by atoms with Crippen LogP contribution >= 0.6 is 0 Å². The van der Waals surface area contributed by atoms with Crippen LogP contribution in [0.4, 0.5) is 14.5 Å². The number of carbonyl (C=O) groups is 1. The van der Waals surface area contributed by atoms with E-state index in [1.807, 2.05) is 0 Å². The molecule has 0 atom stereocenters. The van der Waals surface area contributed by atoms with Crippen molar-refractivity contribution >= 4 is 21.6 Å². The molecule has 0 unspecified atom stereocenters. The Labute approximate surface area is 196 Å². The van der Waals surface area contributed by atoms with Crippen molar-refractivity contribution in [3.8, 4) is 0 Å². The zero-order chi connectivity index (χ0) is 24.1. The monoisotopic (exact) mass is 486 g/mol. The number of amides is 1. The van der Waals surface area contributed by atoms with Crippen LogP contribution in [0.3, 0.4) is 0 Å². The highest BCUT2D eigenvalue weighted by atomic mass is 32.2. The molecule has 3 aromatic rings. The molecule has 1 amide bonds. The number of rotatable bonds is 8. The molecule has 0 radical (unpaired) electrons. The molecule has 0 spiro atoms. The first-order valence-corrected chi connectivity index (χ1v) is 12.3. The lowest BCUT2D eigenvalue weighted by Crippen LogP contribution is -2.29. The maximum absolute atomic E-state index is 14.0. The van der Waals surface area contributed by atoms with Crippen LogP contribution in [-0.4, -0.2) is 36.7 Å². The lowest BCUT2D eigenvalue weighted by atomic mass is 10.1. The van der Waals surface area contributed by atoms with E-state index in [-0.39, 0.29) is 34.8 Å². The third-order valence-corrected chi connectivity index (χ3v) is 7.44. The van der Waals surface area contributed by atoms with E-state index in [0.717, 1.165) is 25.0 Å². The van der Waals surface area contributed by atoms with E-state index in [0.29, 0.717) is 18.8 Å². The highest BCUT2D eigenvalue weighted by Crippen LogP contribution is 2.26. The molecule has 1 saturated heterocycles. The molecular weight excluding hydrogens is 462 g/mol. The molecule has 0 saturated carbocycles. The fraction of sp³-hybridized carbons (Fsp3) is 0.250. The summed E-state index contributed by atoms with van der Waals surface area (Å²) in [5.41, 5.74) is 0.820. The number of carbonyl (C=O) groups excluding carboxylic acids is 1. The van der Waals surface area contributed by atoms with Crippen LogP contribution in [0.15, 0.2) is 65.7 Å². The third kappa shape index (κ3) is 5.40. The lowest BCUT2D eigenvalue weighted by molar-refractivity contribution is 0.0950. The molecule has 2 heterocycles. The fourth-order valence-corrected chi connectivity index (χ4v) is 5.31. The van der Waals surface area contributed by atoms with Crippen molar-refractivity contribution in [1.82, 2.24) is 14.6 Å². The largest absolute Gasteiger partial charge is 0.381 e. The van der Waals surface area contributed by atoms with Gasteiger partial charge in [0.05, 0.1) is 17.1 Å². The van der Waals surface area contributed by atoms with Gasteiger partial charge in [-0.2, -0.15) is 4.31 Å². The van der Waals surface area contributed by atoms with Gasteiger partial charge >= 0.3 is 0 Å². The Balaban J connectivity index is 1.62. The quantitative estimate of drug-likeness (QED) is 0.507. The highest BCUT2D eigenvalue weighted by molar-refractivity contribution is 7.89. The number of nitrogens with zero attached hydrogens (tertiary/aromatic N) is 2. The smallest absolute Gasteiger partial charge is 0.251 e. The van der Waals surface area contributed by atoms with Crippen molar-refractivity contribution in [3.63, 3.8) is 0 Å². The molecule has 34 heavy (non-hydrogen) atoms. The zero-order valence-corrected chi connectivity index (χ0v) is 19.1. The molecule has 0 bridgehead atoms. The summed E-state index contributed by atoms with van der Waals surface area (Å²) in [6, 6.07) is 13.0. The minimum absolute atomic E-state index is 0.0589. The summed E-state index contributed by atoms with van der Waals surface area (Å²) < 4.78 is 55.8. The molecule has 0 aliphatic carbocycles. The summed E-state index contributed by atoms with van der Waals surface area (Å²) in [6.07, 6.45) is 3.14. The Morgan fingerprint density at radius 1 is 0.971 bits per heavy atom. The van der Waals surface area contributed by atoms with E-state index in [4.69, 9.17) is 0 Å². The Bertz CT molecular complexity index is 1260. The maximum atomic E-state index is 14.0. The summed E-state index contributed by atoms with van der Waals surface area (Å²) in [6.45, 7) is 0.746. The lowest BCUT2D eigenvalue weighted by Gasteiger charge is -2.18. The van der Waals surface area contributed by atoms with Crippen LogP contribution in [0, 0.1) is 11.6 Å². The summed E-state index contributed by atoms with van der Waals surface area (Å²) in [5, 5.41) is 5.58. The number of hydrogen-bond acceptors (Lipinski definition) is 5. The molecule has 178 valence electrons. The number of pyridine rings is 1. The number of halogens is 2. The molecule has 2 N–H and O–H groups in total. The van der Waals surface area contributed by atoms with Crippen LogP contribution in [0.2, 0.25) is 0 Å². The number of hydrogen-bond donors (Lipinski definition) is 2. The van der Waals surface area contributed by atoms with Crippen LogP contribution in [0.1, 0.15) is 34.5 Å². The van der Waals surface area contributed by atoms with Gasteiger partial charge in [-0.15, -0.1) is 0 Å². The first-order valence-electron chi connectivity index (χ1n) is 10.8. The van der Waals surface area contributed by atoms with Crippen molar-refractivity contribution in [1.29, 1.82) is 0 Å². The highest BCUT2D eigenvalue weighted by Gasteiger charge is 2.28. The average Bonchev–Trinajstić information content (AvgIpc) is 3.39. The second-order valence-electron chi connectivity index (χ2n) is 7.91. The van der Waals surface area contributed by atoms with Crippen molar-refractivity contribution in [3.05, 3.63) is 89.2 Å². The van der Waals surface area contributed by atoms with Gasteiger partial charge in [-0.25, -0.2) is 17.2 Å².